The van der Waals surface area contributed by atoms with E-state index in [1.807, 2.05) is 21.1 Å². The van der Waals surface area contributed by atoms with Crippen molar-refractivity contribution in [2.45, 2.75) is 418 Å². The van der Waals surface area contributed by atoms with E-state index < -0.39 is 20.0 Å². The summed E-state index contributed by atoms with van der Waals surface area (Å²) in [7, 11) is 1.64. The second-order valence-electron chi connectivity index (χ2n) is 28.1. The molecule has 3 N–H and O–H groups in total. The topological polar surface area (TPSA) is 105 Å². The van der Waals surface area contributed by atoms with Crippen LogP contribution in [0.1, 0.15) is 406 Å². The lowest BCUT2D eigenvalue weighted by atomic mass is 10.0. The number of phosphoric acid groups is 1. The molecule has 0 aliphatic carbocycles. The molecule has 9 heteroatoms. The highest BCUT2D eigenvalue weighted by atomic mass is 31.2. The van der Waals surface area contributed by atoms with E-state index in [0.29, 0.717) is 23.9 Å². The highest BCUT2D eigenvalue weighted by Gasteiger charge is 2.28. The van der Waals surface area contributed by atoms with E-state index in [1.54, 1.807) is 0 Å². The van der Waals surface area contributed by atoms with Crippen molar-refractivity contribution in [3.63, 3.8) is 0 Å². The van der Waals surface area contributed by atoms with Gasteiger partial charge in [0.05, 0.1) is 39.9 Å². The molecule has 0 heterocycles. The Labute approximate surface area is 544 Å². The summed E-state index contributed by atoms with van der Waals surface area (Å²) < 4.78 is 23.9. The molecule has 0 bridgehead atoms. The van der Waals surface area contributed by atoms with E-state index in [9.17, 15) is 19.4 Å². The fraction of sp³-hybridized carbons (Fsp3) is 0.910. The summed E-state index contributed by atoms with van der Waals surface area (Å²) in [5.74, 6) is -0.135. The highest BCUT2D eigenvalue weighted by Crippen LogP contribution is 2.43. The third-order valence-corrected chi connectivity index (χ3v) is 19.1. The van der Waals surface area contributed by atoms with Crippen LogP contribution in [0.3, 0.4) is 0 Å². The Morgan fingerprint density at radius 1 is 0.391 bits per heavy atom. The SMILES string of the molecule is CCCCCCC/C=C\C/C=C\C/C=C\CCCCCCCCCCCCCCCCCCCCCCCCCCC(=O)NC(COP(=O)(O)OCC[N+](C)(C)C)C(O)CCCCCCCCCCCCCCCCCCCCCCCCCCCC. The fourth-order valence-electron chi connectivity index (χ4n) is 12.1. The molecular weight excluding hydrogens is 1090 g/mol. The van der Waals surface area contributed by atoms with Crippen molar-refractivity contribution in [3.05, 3.63) is 36.5 Å². The largest absolute Gasteiger partial charge is 0.472 e. The minimum Gasteiger partial charge on any atom is -0.391 e. The fourth-order valence-corrected chi connectivity index (χ4v) is 12.9. The van der Waals surface area contributed by atoms with Gasteiger partial charge in [0.2, 0.25) is 5.91 Å². The number of nitrogens with one attached hydrogen (secondary N) is 1. The molecule has 8 nitrogen and oxygen atoms in total. The van der Waals surface area contributed by atoms with Gasteiger partial charge in [-0.15, -0.1) is 0 Å². The van der Waals surface area contributed by atoms with E-state index in [-0.39, 0.29) is 19.1 Å². The summed E-state index contributed by atoms with van der Waals surface area (Å²) in [6.07, 6.45) is 92.8. The van der Waals surface area contributed by atoms with Crippen LogP contribution in [0.5, 0.6) is 0 Å². The van der Waals surface area contributed by atoms with Crippen molar-refractivity contribution < 1.29 is 32.9 Å². The number of amides is 1. The Balaban J connectivity index is 3.91. The molecule has 0 aromatic rings. The van der Waals surface area contributed by atoms with Gasteiger partial charge in [0.15, 0.2) is 0 Å². The van der Waals surface area contributed by atoms with Gasteiger partial charge < -0.3 is 19.8 Å². The molecule has 0 saturated heterocycles. The maximum atomic E-state index is 13.1. The first kappa shape index (κ1) is 85.7. The van der Waals surface area contributed by atoms with Crippen molar-refractivity contribution in [1.82, 2.24) is 5.32 Å². The lowest BCUT2D eigenvalue weighted by molar-refractivity contribution is -0.870. The summed E-state index contributed by atoms with van der Waals surface area (Å²) in [5, 5.41) is 14.2. The zero-order chi connectivity index (χ0) is 63.4. The van der Waals surface area contributed by atoms with Gasteiger partial charge in [-0.25, -0.2) is 4.57 Å². The standard InChI is InChI=1S/C78H153N2O6P/c1-6-8-10-12-14-16-18-20-22-24-26-28-30-32-34-35-36-37-38-39-40-41-42-43-44-45-46-48-50-52-54-56-58-60-62-64-66-68-70-72-78(82)79-76(75-86-87(83,84)85-74-73-80(3,4)5)77(81)71-69-67-65-63-61-59-57-55-53-51-49-47-33-31-29-27-25-23-21-19-17-15-13-11-9-7-2/h18,20,24,26,30,32,76-77,81H,6-17,19,21-23,25,27-29,31,33-75H2,1-5H3,(H-,79,82,83,84)/p+1/b20-18-,26-24-,32-30-. The highest BCUT2D eigenvalue weighted by molar-refractivity contribution is 7.47. The second-order valence-corrected chi connectivity index (χ2v) is 29.5. The Morgan fingerprint density at radius 2 is 0.655 bits per heavy atom. The Kier molecular flexibility index (Phi) is 68.1. The molecule has 516 valence electrons. The van der Waals surface area contributed by atoms with Gasteiger partial charge in [-0.2, -0.15) is 0 Å². The molecular formula is C78H154N2O6P+. The van der Waals surface area contributed by atoms with E-state index in [2.05, 4.69) is 55.6 Å². The molecule has 0 saturated carbocycles. The molecule has 0 spiro atoms. The van der Waals surface area contributed by atoms with Crippen molar-refractivity contribution in [2.24, 2.45) is 0 Å². The van der Waals surface area contributed by atoms with Crippen LogP contribution < -0.4 is 5.32 Å². The minimum atomic E-state index is -4.33. The maximum Gasteiger partial charge on any atom is 0.472 e. The average Bonchev–Trinajstić information content (AvgIpc) is 3.69. The monoisotopic (exact) mass is 1250 g/mol. The van der Waals surface area contributed by atoms with Crippen LogP contribution in [0.4, 0.5) is 0 Å². The minimum absolute atomic E-state index is 0.0775. The van der Waals surface area contributed by atoms with Crippen LogP contribution in [0.2, 0.25) is 0 Å². The maximum absolute atomic E-state index is 13.1. The van der Waals surface area contributed by atoms with Crippen LogP contribution in [-0.4, -0.2) is 73.4 Å². The summed E-state index contributed by atoms with van der Waals surface area (Å²) in [6, 6.07) is -0.760. The van der Waals surface area contributed by atoms with Crippen LogP contribution in [-0.2, 0) is 18.4 Å². The number of rotatable bonds is 73. The number of likely N-dealkylation sites (N-methyl/N-ethyl adjacent to an activating group) is 1. The number of aliphatic hydroxyl groups excluding tert-OH is 1. The van der Waals surface area contributed by atoms with Crippen molar-refractivity contribution in [1.29, 1.82) is 0 Å². The zero-order valence-electron chi connectivity index (χ0n) is 59.3. The average molecular weight is 1250 g/mol. The molecule has 87 heavy (non-hydrogen) atoms. The number of carbonyl (C=O) groups excluding carboxylic acids is 1. The van der Waals surface area contributed by atoms with Crippen LogP contribution >= 0.6 is 7.82 Å². The number of aliphatic hydroxyl groups is 1. The van der Waals surface area contributed by atoms with Gasteiger partial charge in [-0.1, -0.05) is 384 Å². The first-order valence-corrected chi connectivity index (χ1v) is 40.3. The number of unbranched alkanes of at least 4 members (excludes halogenated alkanes) is 54. The zero-order valence-corrected chi connectivity index (χ0v) is 60.2. The van der Waals surface area contributed by atoms with Gasteiger partial charge >= 0.3 is 7.82 Å². The molecule has 0 aliphatic rings. The first-order valence-electron chi connectivity index (χ1n) is 38.9. The number of quaternary nitrogens is 1. The summed E-state index contributed by atoms with van der Waals surface area (Å²) >= 11 is 0. The number of carbonyl (C=O) groups is 1. The summed E-state index contributed by atoms with van der Waals surface area (Å²) in [6.45, 7) is 4.94. The van der Waals surface area contributed by atoms with Crippen LogP contribution in [0.25, 0.3) is 0 Å². The van der Waals surface area contributed by atoms with Crippen LogP contribution in [0, 0.1) is 0 Å². The van der Waals surface area contributed by atoms with Crippen molar-refractivity contribution in [3.8, 4) is 0 Å². The smallest absolute Gasteiger partial charge is 0.391 e. The Morgan fingerprint density at radius 3 is 0.954 bits per heavy atom. The number of hydrogen-bond donors (Lipinski definition) is 3. The summed E-state index contributed by atoms with van der Waals surface area (Å²) in [5.41, 5.74) is 0. The van der Waals surface area contributed by atoms with Crippen molar-refractivity contribution in [2.75, 3.05) is 40.9 Å². The van der Waals surface area contributed by atoms with Gasteiger partial charge in [0, 0.05) is 6.42 Å². The number of nitrogens with zero attached hydrogens (tertiary/aromatic N) is 1. The van der Waals surface area contributed by atoms with E-state index in [1.165, 1.54) is 327 Å². The lowest BCUT2D eigenvalue weighted by Gasteiger charge is -2.26. The Hall–Kier alpha value is -1.28. The molecule has 0 radical (unpaired) electrons. The quantitative estimate of drug-likeness (QED) is 0.0243. The lowest BCUT2D eigenvalue weighted by Crippen LogP contribution is -2.46. The first-order chi connectivity index (χ1) is 42.5. The predicted molar refractivity (Wildman–Crippen MR) is 383 cm³/mol. The molecule has 0 rings (SSSR count). The van der Waals surface area contributed by atoms with E-state index >= 15 is 0 Å². The molecule has 3 unspecified atom stereocenters. The van der Waals surface area contributed by atoms with Crippen LogP contribution in [0.15, 0.2) is 36.5 Å². The van der Waals surface area contributed by atoms with E-state index in [4.69, 9.17) is 9.05 Å². The summed E-state index contributed by atoms with van der Waals surface area (Å²) in [4.78, 5) is 23.5. The Bertz CT molecular complexity index is 1510. The molecule has 0 aliphatic heterocycles. The number of hydrogen-bond acceptors (Lipinski definition) is 5. The van der Waals surface area contributed by atoms with Gasteiger partial charge in [-0.05, 0) is 51.4 Å². The third kappa shape index (κ3) is 72.0. The molecule has 0 fully saturated rings. The molecule has 0 aromatic heterocycles. The van der Waals surface area contributed by atoms with Gasteiger partial charge in [0.25, 0.3) is 0 Å². The third-order valence-electron chi connectivity index (χ3n) is 18.1. The predicted octanol–water partition coefficient (Wildman–Crippen LogP) is 25.2. The molecule has 3 atom stereocenters. The number of phosphoric ester groups is 1. The normalized spacial score (nSPS) is 13.7. The number of allylic oxidation sites excluding steroid dienone is 6. The molecule has 0 aromatic carbocycles. The second kappa shape index (κ2) is 69.1. The molecule has 1 amide bonds. The van der Waals surface area contributed by atoms with Gasteiger partial charge in [-0.3, -0.25) is 13.8 Å². The van der Waals surface area contributed by atoms with Crippen molar-refractivity contribution >= 4 is 13.7 Å². The van der Waals surface area contributed by atoms with E-state index in [0.717, 1.165) is 51.4 Å². The van der Waals surface area contributed by atoms with Gasteiger partial charge in [0.1, 0.15) is 13.2 Å².